The normalized spacial score (nSPS) is 17.2. The van der Waals surface area contributed by atoms with Gasteiger partial charge in [-0.05, 0) is 48.2 Å². The number of nitrogens with one attached hydrogen (secondary N) is 2. The minimum atomic E-state index is -1.00. The summed E-state index contributed by atoms with van der Waals surface area (Å²) >= 11 is 1.30. The number of aromatic nitrogens is 3. The van der Waals surface area contributed by atoms with Gasteiger partial charge in [0.25, 0.3) is 11.8 Å². The van der Waals surface area contributed by atoms with Gasteiger partial charge in [-0.25, -0.2) is 14.4 Å². The molecule has 2 aromatic carbocycles. The standard InChI is InChI=1S/C29H28FN7O2S/c30-23-15-19(18-3-5-20(6-4-18)35-11-7-31-8-12-35)14-21-22(23)16-37(28(21)39)26(27(38)34-29-32-9-13-40-29)25-24-2-1-10-36(24)17-33-25/h3-6,9,13-15,17,26,31H,1-2,7-8,10-12,16H2,(H,32,34,38)/t26-/m1/s1. The first-order valence-corrected chi connectivity index (χ1v) is 14.4. The molecule has 0 unspecified atom stereocenters. The van der Waals surface area contributed by atoms with Crippen LogP contribution in [0.4, 0.5) is 15.2 Å². The largest absolute Gasteiger partial charge is 0.369 e. The fourth-order valence-electron chi connectivity index (χ4n) is 5.95. The van der Waals surface area contributed by atoms with Crippen LogP contribution < -0.4 is 15.5 Å². The lowest BCUT2D eigenvalue weighted by Gasteiger charge is -2.29. The van der Waals surface area contributed by atoms with Crippen LogP contribution in [0.3, 0.4) is 0 Å². The minimum absolute atomic E-state index is 0.00946. The van der Waals surface area contributed by atoms with E-state index in [1.54, 1.807) is 24.0 Å². The number of carbonyl (C=O) groups excluding carboxylic acids is 2. The van der Waals surface area contributed by atoms with Gasteiger partial charge in [0.15, 0.2) is 11.2 Å². The van der Waals surface area contributed by atoms with Crippen LogP contribution in [0, 0.1) is 5.82 Å². The Bertz CT molecular complexity index is 1580. The van der Waals surface area contributed by atoms with Crippen molar-refractivity contribution in [2.24, 2.45) is 0 Å². The Morgan fingerprint density at radius 1 is 1.07 bits per heavy atom. The topological polar surface area (TPSA) is 95.4 Å². The molecule has 11 heteroatoms. The predicted molar refractivity (Wildman–Crippen MR) is 151 cm³/mol. The molecule has 7 rings (SSSR count). The molecule has 0 aliphatic carbocycles. The molecule has 0 bridgehead atoms. The first-order chi connectivity index (χ1) is 19.6. The summed E-state index contributed by atoms with van der Waals surface area (Å²) in [7, 11) is 0. The summed E-state index contributed by atoms with van der Waals surface area (Å²) in [5.74, 6) is -1.25. The van der Waals surface area contributed by atoms with Crippen molar-refractivity contribution in [3.63, 3.8) is 0 Å². The third kappa shape index (κ3) is 4.35. The van der Waals surface area contributed by atoms with Gasteiger partial charge in [-0.2, -0.15) is 0 Å². The van der Waals surface area contributed by atoms with Crippen LogP contribution in [-0.2, 0) is 24.3 Å². The lowest BCUT2D eigenvalue weighted by molar-refractivity contribution is -0.121. The SMILES string of the molecule is O=C(Nc1nccs1)[C@@H](c1ncn2c1CCC2)N1Cc2c(F)cc(-c3ccc(N4CCNCC4)cc3)cc2C1=O. The Labute approximate surface area is 234 Å². The highest BCUT2D eigenvalue weighted by molar-refractivity contribution is 7.13. The number of benzene rings is 2. The van der Waals surface area contributed by atoms with Crippen molar-refractivity contribution in [3.05, 3.63) is 82.6 Å². The molecule has 0 saturated carbocycles. The third-order valence-electron chi connectivity index (χ3n) is 7.97. The van der Waals surface area contributed by atoms with Crippen molar-refractivity contribution < 1.29 is 14.0 Å². The van der Waals surface area contributed by atoms with Crippen molar-refractivity contribution >= 4 is 34.0 Å². The van der Waals surface area contributed by atoms with E-state index in [0.29, 0.717) is 22.0 Å². The average Bonchev–Trinajstić information content (AvgIpc) is 3.78. The molecule has 4 aromatic rings. The van der Waals surface area contributed by atoms with Crippen molar-refractivity contribution in [2.45, 2.75) is 32.0 Å². The van der Waals surface area contributed by atoms with Gasteiger partial charge in [0.2, 0.25) is 0 Å². The van der Waals surface area contributed by atoms with Crippen LogP contribution in [0.2, 0.25) is 0 Å². The molecule has 1 fully saturated rings. The molecule has 5 heterocycles. The zero-order valence-corrected chi connectivity index (χ0v) is 22.6. The molecule has 2 amide bonds. The first kappa shape index (κ1) is 24.9. The lowest BCUT2D eigenvalue weighted by atomic mass is 9.99. The Balaban J connectivity index is 1.20. The van der Waals surface area contributed by atoms with E-state index in [0.717, 1.165) is 62.5 Å². The molecule has 0 radical (unpaired) electrons. The molecular formula is C29H28FN7O2S. The number of piperazine rings is 1. The van der Waals surface area contributed by atoms with Crippen molar-refractivity contribution in [1.29, 1.82) is 0 Å². The van der Waals surface area contributed by atoms with Crippen molar-refractivity contribution in [2.75, 3.05) is 36.4 Å². The Morgan fingerprint density at radius 3 is 2.67 bits per heavy atom. The van der Waals surface area contributed by atoms with E-state index in [1.807, 2.05) is 28.8 Å². The van der Waals surface area contributed by atoms with E-state index in [1.165, 1.54) is 22.3 Å². The number of nitrogens with zero attached hydrogens (tertiary/aromatic N) is 5. The maximum absolute atomic E-state index is 15.6. The number of imidazole rings is 1. The quantitative estimate of drug-likeness (QED) is 0.374. The van der Waals surface area contributed by atoms with Crippen LogP contribution >= 0.6 is 11.3 Å². The molecule has 1 atom stereocenters. The highest BCUT2D eigenvalue weighted by Gasteiger charge is 2.42. The summed E-state index contributed by atoms with van der Waals surface area (Å²) in [6, 6.07) is 10.2. The number of amides is 2. The van der Waals surface area contributed by atoms with Gasteiger partial charge in [-0.3, -0.25) is 14.9 Å². The van der Waals surface area contributed by atoms with Crippen LogP contribution in [0.15, 0.2) is 54.3 Å². The molecule has 2 N–H and O–H groups in total. The Morgan fingerprint density at radius 2 is 1.90 bits per heavy atom. The fraction of sp³-hybridized carbons (Fsp3) is 0.310. The number of fused-ring (bicyclic) bond motifs is 2. The van der Waals surface area contributed by atoms with Gasteiger partial charge >= 0.3 is 0 Å². The summed E-state index contributed by atoms with van der Waals surface area (Å²) in [4.78, 5) is 40.0. The molecular weight excluding hydrogens is 529 g/mol. The number of halogens is 1. The van der Waals surface area contributed by atoms with Crippen LogP contribution in [0.1, 0.15) is 39.8 Å². The number of hydrogen-bond donors (Lipinski definition) is 2. The van der Waals surface area contributed by atoms with Gasteiger partial charge < -0.3 is 19.7 Å². The average molecular weight is 558 g/mol. The first-order valence-electron chi connectivity index (χ1n) is 13.5. The molecule has 0 spiro atoms. The summed E-state index contributed by atoms with van der Waals surface area (Å²) < 4.78 is 17.6. The monoisotopic (exact) mass is 557 g/mol. The smallest absolute Gasteiger partial charge is 0.255 e. The zero-order chi connectivity index (χ0) is 27.2. The second kappa shape index (κ2) is 10.1. The zero-order valence-electron chi connectivity index (χ0n) is 21.8. The van der Waals surface area contributed by atoms with E-state index >= 15 is 4.39 Å². The van der Waals surface area contributed by atoms with Crippen molar-refractivity contribution in [1.82, 2.24) is 24.8 Å². The Kier molecular flexibility index (Phi) is 6.32. The molecule has 9 nitrogen and oxygen atoms in total. The lowest BCUT2D eigenvalue weighted by Crippen LogP contribution is -2.43. The highest BCUT2D eigenvalue weighted by atomic mass is 32.1. The van der Waals surface area contributed by atoms with Gasteiger partial charge in [0.1, 0.15) is 5.82 Å². The van der Waals surface area contributed by atoms with Gasteiger partial charge in [-0.15, -0.1) is 11.3 Å². The number of aryl methyl sites for hydroxylation is 1. The second-order valence-electron chi connectivity index (χ2n) is 10.3. The summed E-state index contributed by atoms with van der Waals surface area (Å²) in [5.41, 5.74) is 4.64. The molecule has 3 aliphatic heterocycles. The number of hydrogen-bond acceptors (Lipinski definition) is 7. The van der Waals surface area contributed by atoms with E-state index in [9.17, 15) is 9.59 Å². The molecule has 3 aliphatic rings. The maximum atomic E-state index is 15.6. The van der Waals surface area contributed by atoms with Crippen LogP contribution in [0.25, 0.3) is 11.1 Å². The van der Waals surface area contributed by atoms with Gasteiger partial charge in [0, 0.05) is 66.8 Å². The van der Waals surface area contributed by atoms with E-state index < -0.39 is 17.8 Å². The molecule has 204 valence electrons. The number of anilines is 2. The van der Waals surface area contributed by atoms with Gasteiger partial charge in [0.05, 0.1) is 18.6 Å². The van der Waals surface area contributed by atoms with E-state index in [4.69, 9.17) is 0 Å². The second-order valence-corrected chi connectivity index (χ2v) is 11.2. The minimum Gasteiger partial charge on any atom is -0.369 e. The third-order valence-corrected chi connectivity index (χ3v) is 8.66. The molecule has 40 heavy (non-hydrogen) atoms. The summed E-state index contributed by atoms with van der Waals surface area (Å²) in [6.07, 6.45) is 5.05. The van der Waals surface area contributed by atoms with E-state index in [-0.39, 0.29) is 18.0 Å². The summed E-state index contributed by atoms with van der Waals surface area (Å²) in [5, 5.41) is 8.39. The Hall–Kier alpha value is -4.09. The van der Waals surface area contributed by atoms with Crippen LogP contribution in [-0.4, -0.2) is 57.4 Å². The molecule has 2 aromatic heterocycles. The van der Waals surface area contributed by atoms with Gasteiger partial charge in [-0.1, -0.05) is 12.1 Å². The number of carbonyl (C=O) groups is 2. The predicted octanol–water partition coefficient (Wildman–Crippen LogP) is 3.84. The summed E-state index contributed by atoms with van der Waals surface area (Å²) in [6.45, 7) is 4.58. The van der Waals surface area contributed by atoms with Crippen molar-refractivity contribution in [3.8, 4) is 11.1 Å². The number of rotatable bonds is 6. The van der Waals surface area contributed by atoms with E-state index in [2.05, 4.69) is 25.5 Å². The molecule has 1 saturated heterocycles. The maximum Gasteiger partial charge on any atom is 0.255 e. The highest BCUT2D eigenvalue weighted by Crippen LogP contribution is 2.38. The fourth-order valence-corrected chi connectivity index (χ4v) is 6.48. The van der Waals surface area contributed by atoms with Crippen LogP contribution in [0.5, 0.6) is 0 Å². The number of thiazole rings is 1.